The van der Waals surface area contributed by atoms with Gasteiger partial charge < -0.3 is 4.74 Å². The van der Waals surface area contributed by atoms with Crippen molar-refractivity contribution in [3.8, 4) is 5.75 Å². The van der Waals surface area contributed by atoms with E-state index in [0.29, 0.717) is 28.6 Å². The number of benzene rings is 1. The van der Waals surface area contributed by atoms with Gasteiger partial charge in [-0.25, -0.2) is 4.98 Å². The van der Waals surface area contributed by atoms with E-state index in [2.05, 4.69) is 47.8 Å². The highest BCUT2D eigenvalue weighted by Crippen LogP contribution is 2.30. The predicted octanol–water partition coefficient (Wildman–Crippen LogP) is 4.49. The maximum Gasteiger partial charge on any atom is 0.264 e. The summed E-state index contributed by atoms with van der Waals surface area (Å²) < 4.78 is 8.18. The number of nitrogens with zero attached hydrogens (tertiary/aromatic N) is 3. The minimum Gasteiger partial charge on any atom is -0.483 e. The normalized spacial score (nSPS) is 11.3. The largest absolute Gasteiger partial charge is 0.483 e. The average molecular weight is 444 g/mol. The van der Waals surface area contributed by atoms with Crippen LogP contribution in [0.5, 0.6) is 5.75 Å². The lowest BCUT2D eigenvalue weighted by Crippen LogP contribution is -2.22. The Labute approximate surface area is 184 Å². The third-order valence-corrected chi connectivity index (χ3v) is 5.46. The number of ether oxygens (including phenoxy) is 1. The van der Waals surface area contributed by atoms with Crippen molar-refractivity contribution in [2.45, 2.75) is 39.2 Å². The molecule has 0 saturated heterocycles. The Balaban J connectivity index is 1.60. The van der Waals surface area contributed by atoms with Crippen molar-refractivity contribution >= 4 is 34.6 Å². The van der Waals surface area contributed by atoms with Crippen molar-refractivity contribution in [3.05, 3.63) is 64.2 Å². The summed E-state index contributed by atoms with van der Waals surface area (Å²) in [5.74, 6) is 1.23. The van der Waals surface area contributed by atoms with E-state index >= 15 is 0 Å². The Morgan fingerprint density at radius 3 is 2.90 bits per heavy atom. The lowest BCUT2D eigenvalue weighted by molar-refractivity contribution is -0.118. The van der Waals surface area contributed by atoms with Crippen molar-refractivity contribution in [3.63, 3.8) is 0 Å². The zero-order chi connectivity index (χ0) is 21.7. The molecule has 2 aromatic heterocycles. The van der Waals surface area contributed by atoms with Crippen LogP contribution < -0.4 is 10.1 Å². The van der Waals surface area contributed by atoms with Gasteiger partial charge in [0.2, 0.25) is 0 Å². The first-order valence-corrected chi connectivity index (χ1v) is 10.8. The smallest absolute Gasteiger partial charge is 0.264 e. The highest BCUT2D eigenvalue weighted by Gasteiger charge is 2.19. The highest BCUT2D eigenvalue weighted by molar-refractivity contribution is 7.71. The molecule has 1 amide bonds. The fourth-order valence-corrected chi connectivity index (χ4v) is 3.87. The molecule has 2 N–H and O–H groups in total. The van der Waals surface area contributed by atoms with Crippen molar-refractivity contribution in [1.29, 1.82) is 0 Å². The standard InChI is InChI=1S/C21H25N5O2S2/c1-5-10-26-17(24-25-20(26)29)11-14-13-30-19(22-14)23-18(27)12-28-16-9-7-6-8-15(16)21(2,3)4/h5-9,13H,1,10-12H2,2-4H3,(H,25,29)(H,22,23,27). The molecule has 3 aromatic rings. The van der Waals surface area contributed by atoms with E-state index in [9.17, 15) is 4.79 Å². The Hall–Kier alpha value is -2.78. The number of nitrogens with one attached hydrogen (secondary N) is 2. The van der Waals surface area contributed by atoms with E-state index in [0.717, 1.165) is 17.1 Å². The number of carbonyl (C=O) groups is 1. The topological polar surface area (TPSA) is 84.8 Å². The first-order valence-electron chi connectivity index (χ1n) is 9.49. The number of para-hydroxylation sites is 1. The summed E-state index contributed by atoms with van der Waals surface area (Å²) in [6.45, 7) is 10.6. The molecule has 0 fully saturated rings. The summed E-state index contributed by atoms with van der Waals surface area (Å²) in [5.41, 5.74) is 1.78. The summed E-state index contributed by atoms with van der Waals surface area (Å²) in [6, 6.07) is 7.77. The number of hydrogen-bond donors (Lipinski definition) is 2. The summed E-state index contributed by atoms with van der Waals surface area (Å²) in [7, 11) is 0. The molecule has 1 aromatic carbocycles. The van der Waals surface area contributed by atoms with Crippen molar-refractivity contribution in [1.82, 2.24) is 19.7 Å². The Morgan fingerprint density at radius 1 is 1.40 bits per heavy atom. The summed E-state index contributed by atoms with van der Waals surface area (Å²) in [5, 5.41) is 12.2. The van der Waals surface area contributed by atoms with Crippen molar-refractivity contribution in [2.75, 3.05) is 11.9 Å². The van der Waals surface area contributed by atoms with Crippen LogP contribution in [0.1, 0.15) is 37.9 Å². The van der Waals surface area contributed by atoms with E-state index in [1.807, 2.05) is 34.2 Å². The number of aromatic nitrogens is 4. The Bertz CT molecular complexity index is 1090. The Morgan fingerprint density at radius 2 is 2.17 bits per heavy atom. The number of thiazole rings is 1. The van der Waals surface area contributed by atoms with Crippen LogP contribution in [0.15, 0.2) is 42.3 Å². The molecule has 2 heterocycles. The second-order valence-electron chi connectivity index (χ2n) is 7.75. The molecule has 158 valence electrons. The monoisotopic (exact) mass is 443 g/mol. The molecule has 0 aliphatic carbocycles. The van der Waals surface area contributed by atoms with Gasteiger partial charge in [-0.15, -0.1) is 17.9 Å². The fourth-order valence-electron chi connectivity index (χ4n) is 2.92. The van der Waals surface area contributed by atoms with Gasteiger partial charge in [0.15, 0.2) is 16.5 Å². The van der Waals surface area contributed by atoms with Crippen LogP contribution in [0.25, 0.3) is 0 Å². The van der Waals surface area contributed by atoms with E-state index in [-0.39, 0.29) is 17.9 Å². The summed E-state index contributed by atoms with van der Waals surface area (Å²) >= 11 is 6.59. The van der Waals surface area contributed by atoms with Gasteiger partial charge in [0.25, 0.3) is 5.91 Å². The molecular formula is C21H25N5O2S2. The van der Waals surface area contributed by atoms with Gasteiger partial charge in [-0.05, 0) is 29.3 Å². The van der Waals surface area contributed by atoms with Crippen LogP contribution in [0, 0.1) is 4.77 Å². The van der Waals surface area contributed by atoms with Crippen LogP contribution >= 0.6 is 23.6 Å². The number of hydrogen-bond acceptors (Lipinski definition) is 6. The van der Waals surface area contributed by atoms with Gasteiger partial charge in [-0.2, -0.15) is 5.10 Å². The minimum atomic E-state index is -0.256. The van der Waals surface area contributed by atoms with Gasteiger partial charge in [-0.1, -0.05) is 45.0 Å². The van der Waals surface area contributed by atoms with Crippen LogP contribution in [-0.4, -0.2) is 32.3 Å². The third kappa shape index (κ3) is 5.43. The van der Waals surface area contributed by atoms with E-state index in [4.69, 9.17) is 17.0 Å². The molecule has 0 saturated carbocycles. The number of aromatic amines is 1. The molecule has 0 aliphatic heterocycles. The molecular weight excluding hydrogens is 418 g/mol. The lowest BCUT2D eigenvalue weighted by atomic mass is 9.86. The summed E-state index contributed by atoms with van der Waals surface area (Å²) in [6.07, 6.45) is 2.27. The highest BCUT2D eigenvalue weighted by atomic mass is 32.1. The van der Waals surface area contributed by atoms with Gasteiger partial charge in [-0.3, -0.25) is 19.8 Å². The van der Waals surface area contributed by atoms with Gasteiger partial charge in [0.1, 0.15) is 11.6 Å². The quantitative estimate of drug-likeness (QED) is 0.396. The van der Waals surface area contributed by atoms with Crippen molar-refractivity contribution in [2.24, 2.45) is 0 Å². The first-order chi connectivity index (χ1) is 14.3. The van der Waals surface area contributed by atoms with Crippen molar-refractivity contribution < 1.29 is 9.53 Å². The van der Waals surface area contributed by atoms with Gasteiger partial charge in [0.05, 0.1) is 12.1 Å². The molecule has 0 spiro atoms. The Kier molecular flexibility index (Phi) is 6.84. The predicted molar refractivity (Wildman–Crippen MR) is 122 cm³/mol. The van der Waals surface area contributed by atoms with Crippen LogP contribution in [0.4, 0.5) is 5.13 Å². The SMILES string of the molecule is C=CCn1c(Cc2csc(NC(=O)COc3ccccc3C(C)(C)C)n2)n[nH]c1=S. The number of H-pyrrole nitrogens is 1. The number of allylic oxidation sites excluding steroid dienone is 1. The maximum absolute atomic E-state index is 12.3. The maximum atomic E-state index is 12.3. The zero-order valence-electron chi connectivity index (χ0n) is 17.3. The molecule has 0 unspecified atom stereocenters. The fraction of sp³-hybridized carbons (Fsp3) is 0.333. The second kappa shape index (κ2) is 9.36. The van der Waals surface area contributed by atoms with E-state index < -0.39 is 0 Å². The molecule has 30 heavy (non-hydrogen) atoms. The third-order valence-electron chi connectivity index (χ3n) is 4.34. The average Bonchev–Trinajstić information content (AvgIpc) is 3.27. The number of amides is 1. The van der Waals surface area contributed by atoms with E-state index in [1.165, 1.54) is 11.3 Å². The molecule has 7 nitrogen and oxygen atoms in total. The zero-order valence-corrected chi connectivity index (χ0v) is 18.9. The number of anilines is 1. The molecule has 9 heteroatoms. The van der Waals surface area contributed by atoms with Gasteiger partial charge >= 0.3 is 0 Å². The molecule has 0 bridgehead atoms. The molecule has 0 aliphatic rings. The van der Waals surface area contributed by atoms with Crippen LogP contribution in [-0.2, 0) is 23.2 Å². The van der Waals surface area contributed by atoms with E-state index in [1.54, 1.807) is 6.08 Å². The molecule has 3 rings (SSSR count). The lowest BCUT2D eigenvalue weighted by Gasteiger charge is -2.22. The minimum absolute atomic E-state index is 0.0725. The molecule has 0 radical (unpaired) electrons. The van der Waals surface area contributed by atoms with Crippen LogP contribution in [0.2, 0.25) is 0 Å². The molecule has 0 atom stereocenters. The first kappa shape index (κ1) is 21.9. The van der Waals surface area contributed by atoms with Gasteiger partial charge in [0, 0.05) is 11.9 Å². The van der Waals surface area contributed by atoms with Crippen LogP contribution in [0.3, 0.4) is 0 Å². The summed E-state index contributed by atoms with van der Waals surface area (Å²) in [4.78, 5) is 16.8. The number of rotatable bonds is 8. The number of carbonyl (C=O) groups excluding carboxylic acids is 1. The second-order valence-corrected chi connectivity index (χ2v) is 8.99.